The first-order chi connectivity index (χ1) is 23.5. The highest BCUT2D eigenvalue weighted by Gasteiger charge is 2.30. The molecule has 48 heavy (non-hydrogen) atoms. The van der Waals surface area contributed by atoms with Gasteiger partial charge < -0.3 is 13.9 Å². The molecule has 0 spiro atoms. The van der Waals surface area contributed by atoms with E-state index < -0.39 is 5.79 Å². The Bertz CT molecular complexity index is 2410. The molecule has 0 unspecified atom stereocenters. The van der Waals surface area contributed by atoms with Gasteiger partial charge in [-0.1, -0.05) is 97.1 Å². The second-order valence-corrected chi connectivity index (χ2v) is 12.9. The Kier molecular flexibility index (Phi) is 6.48. The summed E-state index contributed by atoms with van der Waals surface area (Å²) in [4.78, 5) is 0. The van der Waals surface area contributed by atoms with Crippen LogP contribution in [0.2, 0.25) is 0 Å². The lowest BCUT2D eigenvalue weighted by Gasteiger charge is -2.26. The fourth-order valence-electron chi connectivity index (χ4n) is 6.86. The van der Waals surface area contributed by atoms with Crippen molar-refractivity contribution < 1.29 is 13.9 Å². The number of hydrogen-bond acceptors (Lipinski definition) is 3. The summed E-state index contributed by atoms with van der Waals surface area (Å²) in [6.07, 6.45) is 0. The summed E-state index contributed by atoms with van der Waals surface area (Å²) in [6, 6.07) is 55.4. The zero-order valence-electron chi connectivity index (χ0n) is 26.7. The van der Waals surface area contributed by atoms with Gasteiger partial charge in [0.15, 0.2) is 0 Å². The van der Waals surface area contributed by atoms with E-state index in [0.717, 1.165) is 66.8 Å². The van der Waals surface area contributed by atoms with Gasteiger partial charge in [-0.2, -0.15) is 0 Å². The van der Waals surface area contributed by atoms with Crippen molar-refractivity contribution in [3.05, 3.63) is 158 Å². The fraction of sp³-hybridized carbons (Fsp3) is 0.0667. The van der Waals surface area contributed by atoms with E-state index in [1.165, 1.54) is 22.3 Å². The van der Waals surface area contributed by atoms with Crippen LogP contribution in [0.25, 0.3) is 77.6 Å². The minimum Gasteiger partial charge on any atom is -0.456 e. The van der Waals surface area contributed by atoms with Crippen molar-refractivity contribution in [1.82, 2.24) is 0 Å². The predicted molar refractivity (Wildman–Crippen MR) is 196 cm³/mol. The van der Waals surface area contributed by atoms with Gasteiger partial charge in [-0.3, -0.25) is 0 Å². The van der Waals surface area contributed by atoms with Crippen molar-refractivity contribution in [3.63, 3.8) is 0 Å². The van der Waals surface area contributed by atoms with Crippen LogP contribution in [-0.2, 0) is 0 Å². The van der Waals surface area contributed by atoms with Crippen LogP contribution in [-0.4, -0.2) is 5.79 Å². The predicted octanol–water partition coefficient (Wildman–Crippen LogP) is 12.4. The van der Waals surface area contributed by atoms with Gasteiger partial charge >= 0.3 is 0 Å². The SMILES string of the molecule is CC1(C)Oc2cc(-c3cc(-c4ccccc4)cc(-c4ccccc4)c3)ccc2-c2cc(-c3ccc4oc5ccccc5c4c3)ccc2O1. The topological polar surface area (TPSA) is 31.6 Å². The summed E-state index contributed by atoms with van der Waals surface area (Å²) >= 11 is 0. The molecule has 0 N–H and O–H groups in total. The molecule has 9 rings (SSSR count). The van der Waals surface area contributed by atoms with Crippen molar-refractivity contribution in [2.24, 2.45) is 0 Å². The molecule has 7 aromatic carbocycles. The third kappa shape index (κ3) is 5.01. The quantitative estimate of drug-likeness (QED) is 0.196. The minimum absolute atomic E-state index is 0.788. The molecule has 230 valence electrons. The van der Waals surface area contributed by atoms with Gasteiger partial charge in [0.05, 0.1) is 0 Å². The molecule has 2 heterocycles. The van der Waals surface area contributed by atoms with E-state index in [-0.39, 0.29) is 0 Å². The van der Waals surface area contributed by atoms with Crippen molar-refractivity contribution in [3.8, 4) is 67.1 Å². The molecule has 0 aliphatic carbocycles. The van der Waals surface area contributed by atoms with Gasteiger partial charge in [-0.15, -0.1) is 0 Å². The van der Waals surface area contributed by atoms with E-state index in [1.54, 1.807) is 0 Å². The van der Waals surface area contributed by atoms with Crippen LogP contribution in [0.4, 0.5) is 0 Å². The van der Waals surface area contributed by atoms with Gasteiger partial charge in [-0.25, -0.2) is 0 Å². The van der Waals surface area contributed by atoms with Crippen LogP contribution in [0.1, 0.15) is 13.8 Å². The highest BCUT2D eigenvalue weighted by atomic mass is 16.7. The average molecular weight is 621 g/mol. The third-order valence-electron chi connectivity index (χ3n) is 9.15. The molecule has 3 heteroatoms. The lowest BCUT2D eigenvalue weighted by Crippen LogP contribution is -2.34. The Morgan fingerprint density at radius 1 is 0.354 bits per heavy atom. The standard InChI is InChI=1S/C45H32O3/c1-45(2)47-43-22-19-32(31-18-21-42-39(26-31)37-15-9-10-16-41(37)46-42)27-40(43)38-20-17-33(28-44(38)48-45)36-24-34(29-11-5-3-6-12-29)23-35(25-36)30-13-7-4-8-14-30/h3-28H,1-2H3. The van der Waals surface area contributed by atoms with Gasteiger partial charge in [0.2, 0.25) is 5.79 Å². The van der Waals surface area contributed by atoms with Crippen molar-refractivity contribution in [1.29, 1.82) is 0 Å². The zero-order valence-corrected chi connectivity index (χ0v) is 26.7. The highest BCUT2D eigenvalue weighted by Crippen LogP contribution is 2.46. The summed E-state index contributed by atoms with van der Waals surface area (Å²) in [5, 5.41) is 2.23. The number of hydrogen-bond donors (Lipinski definition) is 0. The average Bonchev–Trinajstić information content (AvgIpc) is 3.45. The summed E-state index contributed by atoms with van der Waals surface area (Å²) < 4.78 is 19.2. The van der Waals surface area contributed by atoms with Crippen LogP contribution in [0.5, 0.6) is 11.5 Å². The Hall–Kier alpha value is -6.06. The Morgan fingerprint density at radius 3 is 1.62 bits per heavy atom. The Labute approximate surface area is 279 Å². The largest absolute Gasteiger partial charge is 0.456 e. The van der Waals surface area contributed by atoms with Crippen LogP contribution in [0.3, 0.4) is 0 Å². The van der Waals surface area contributed by atoms with Crippen LogP contribution < -0.4 is 9.47 Å². The third-order valence-corrected chi connectivity index (χ3v) is 9.15. The molecule has 0 saturated heterocycles. The van der Waals surface area contributed by atoms with Crippen LogP contribution >= 0.6 is 0 Å². The van der Waals surface area contributed by atoms with Crippen molar-refractivity contribution in [2.75, 3.05) is 0 Å². The molecule has 1 aromatic heterocycles. The highest BCUT2D eigenvalue weighted by molar-refractivity contribution is 6.06. The van der Waals surface area contributed by atoms with Crippen molar-refractivity contribution >= 4 is 21.9 Å². The summed E-state index contributed by atoms with van der Waals surface area (Å²) in [7, 11) is 0. The van der Waals surface area contributed by atoms with E-state index in [4.69, 9.17) is 13.9 Å². The van der Waals surface area contributed by atoms with Gasteiger partial charge in [-0.05, 0) is 105 Å². The first-order valence-corrected chi connectivity index (χ1v) is 16.3. The maximum atomic E-state index is 6.63. The lowest BCUT2D eigenvalue weighted by atomic mass is 9.91. The first kappa shape index (κ1) is 28.2. The van der Waals surface area contributed by atoms with E-state index >= 15 is 0 Å². The number of rotatable bonds is 4. The molecule has 0 radical (unpaired) electrons. The van der Waals surface area contributed by atoms with Gasteiger partial charge in [0.25, 0.3) is 0 Å². The molecule has 3 nitrogen and oxygen atoms in total. The first-order valence-electron chi connectivity index (χ1n) is 16.3. The Balaban J connectivity index is 1.17. The lowest BCUT2D eigenvalue weighted by molar-refractivity contribution is -0.0778. The molecule has 8 aromatic rings. The summed E-state index contributed by atoms with van der Waals surface area (Å²) in [5.41, 5.74) is 12.9. The minimum atomic E-state index is -0.865. The second kappa shape index (κ2) is 11.0. The molecule has 0 atom stereocenters. The monoisotopic (exact) mass is 620 g/mol. The number of para-hydroxylation sites is 1. The molecule has 0 fully saturated rings. The smallest absolute Gasteiger partial charge is 0.245 e. The molecule has 0 amide bonds. The number of ether oxygens (including phenoxy) is 2. The number of fused-ring (bicyclic) bond motifs is 6. The molecular weight excluding hydrogens is 588 g/mol. The normalized spacial score (nSPS) is 13.3. The molecular formula is C45H32O3. The molecule has 0 bridgehead atoms. The van der Waals surface area contributed by atoms with Gasteiger partial charge in [0.1, 0.15) is 22.7 Å². The fourth-order valence-corrected chi connectivity index (χ4v) is 6.86. The molecule has 0 saturated carbocycles. The second-order valence-electron chi connectivity index (χ2n) is 12.9. The van der Waals surface area contributed by atoms with E-state index in [1.807, 2.05) is 26.0 Å². The van der Waals surface area contributed by atoms with Crippen molar-refractivity contribution in [2.45, 2.75) is 19.6 Å². The molecule has 1 aliphatic rings. The van der Waals surface area contributed by atoms with E-state index in [9.17, 15) is 0 Å². The zero-order chi connectivity index (χ0) is 32.2. The maximum Gasteiger partial charge on any atom is 0.245 e. The van der Waals surface area contributed by atoms with E-state index in [2.05, 4.69) is 146 Å². The molecule has 1 aliphatic heterocycles. The summed E-state index contributed by atoms with van der Waals surface area (Å²) in [5.74, 6) is 0.717. The van der Waals surface area contributed by atoms with E-state index in [0.29, 0.717) is 0 Å². The summed E-state index contributed by atoms with van der Waals surface area (Å²) in [6.45, 7) is 3.93. The van der Waals surface area contributed by atoms with Crippen LogP contribution in [0, 0.1) is 0 Å². The van der Waals surface area contributed by atoms with Gasteiger partial charge in [0, 0.05) is 35.7 Å². The number of benzene rings is 7. The number of furan rings is 1. The Morgan fingerprint density at radius 2 is 0.896 bits per heavy atom. The maximum absolute atomic E-state index is 6.63. The van der Waals surface area contributed by atoms with Crippen LogP contribution in [0.15, 0.2) is 162 Å².